The van der Waals surface area contributed by atoms with Gasteiger partial charge in [0.2, 0.25) is 5.91 Å². The molecule has 2 fully saturated rings. The lowest BCUT2D eigenvalue weighted by molar-refractivity contribution is -0.133. The molecule has 0 radical (unpaired) electrons. The number of hydrogen-bond donors (Lipinski definition) is 0. The fourth-order valence-corrected chi connectivity index (χ4v) is 4.61. The zero-order valence-corrected chi connectivity index (χ0v) is 18.2. The largest absolute Gasteiger partial charge is 0.440 e. The highest BCUT2D eigenvalue weighted by Gasteiger charge is 2.28. The van der Waals surface area contributed by atoms with Gasteiger partial charge in [-0.2, -0.15) is 0 Å². The summed E-state index contributed by atoms with van der Waals surface area (Å²) in [7, 11) is 0. The summed E-state index contributed by atoms with van der Waals surface area (Å²) in [6, 6.07) is 11.5. The molecule has 31 heavy (non-hydrogen) atoms. The molecule has 0 N–H and O–H groups in total. The van der Waals surface area contributed by atoms with Crippen LogP contribution in [0.25, 0.3) is 11.1 Å². The normalized spacial score (nSPS) is 18.6. The van der Waals surface area contributed by atoms with E-state index in [1.54, 1.807) is 0 Å². The number of fused-ring (bicyclic) bond motifs is 1. The molecule has 162 valence electrons. The standard InChI is InChI=1S/C23H26ClN5O2/c24-18-4-5-20-19(15-18)26-23(31-20)17-6-9-27(10-7-17)16-22(30)29-13-11-28(12-14-29)21-3-1-2-8-25-21/h1-5,8,15,17H,6-7,9-14,16H2. The van der Waals surface area contributed by atoms with Gasteiger partial charge in [-0.05, 0) is 56.3 Å². The molecule has 2 aliphatic heterocycles. The molecule has 4 heterocycles. The summed E-state index contributed by atoms with van der Waals surface area (Å²) >= 11 is 6.05. The van der Waals surface area contributed by atoms with Gasteiger partial charge >= 0.3 is 0 Å². The lowest BCUT2D eigenvalue weighted by Gasteiger charge is -2.37. The van der Waals surface area contributed by atoms with Gasteiger partial charge in [0.25, 0.3) is 0 Å². The van der Waals surface area contributed by atoms with Gasteiger partial charge in [-0.3, -0.25) is 9.69 Å². The molecule has 0 spiro atoms. The number of benzene rings is 1. The van der Waals surface area contributed by atoms with E-state index in [0.29, 0.717) is 17.5 Å². The Morgan fingerprint density at radius 1 is 1.06 bits per heavy atom. The first kappa shape index (κ1) is 20.3. The Hall–Kier alpha value is -2.64. The van der Waals surface area contributed by atoms with E-state index in [1.165, 1.54) is 0 Å². The number of anilines is 1. The van der Waals surface area contributed by atoms with E-state index in [2.05, 4.69) is 19.8 Å². The monoisotopic (exact) mass is 439 g/mol. The predicted molar refractivity (Wildman–Crippen MR) is 120 cm³/mol. The molecule has 0 bridgehead atoms. The first-order valence-electron chi connectivity index (χ1n) is 10.9. The van der Waals surface area contributed by atoms with Gasteiger partial charge in [0.1, 0.15) is 11.3 Å². The predicted octanol–water partition coefficient (Wildman–Crippen LogP) is 3.40. The average molecular weight is 440 g/mol. The molecule has 7 nitrogen and oxygen atoms in total. The van der Waals surface area contributed by atoms with Gasteiger partial charge in [0.15, 0.2) is 11.5 Å². The Labute approximate surface area is 186 Å². The summed E-state index contributed by atoms with van der Waals surface area (Å²) in [5, 5.41) is 0.668. The minimum Gasteiger partial charge on any atom is -0.440 e. The minimum atomic E-state index is 0.218. The number of piperazine rings is 1. The molecular formula is C23H26ClN5O2. The van der Waals surface area contributed by atoms with Crippen LogP contribution in [-0.2, 0) is 4.79 Å². The Morgan fingerprint density at radius 3 is 2.61 bits per heavy atom. The third kappa shape index (κ3) is 4.52. The zero-order chi connectivity index (χ0) is 21.2. The van der Waals surface area contributed by atoms with Crippen LogP contribution in [0.4, 0.5) is 5.82 Å². The molecule has 0 aliphatic carbocycles. The number of aromatic nitrogens is 2. The van der Waals surface area contributed by atoms with Crippen molar-refractivity contribution in [3.63, 3.8) is 0 Å². The van der Waals surface area contributed by atoms with Crippen molar-refractivity contribution in [3.05, 3.63) is 53.5 Å². The topological polar surface area (TPSA) is 65.7 Å². The number of amides is 1. The van der Waals surface area contributed by atoms with Crippen molar-refractivity contribution in [2.45, 2.75) is 18.8 Å². The number of halogens is 1. The lowest BCUT2D eigenvalue weighted by atomic mass is 9.97. The number of likely N-dealkylation sites (tertiary alicyclic amines) is 1. The number of pyridine rings is 1. The van der Waals surface area contributed by atoms with Crippen molar-refractivity contribution in [1.29, 1.82) is 0 Å². The number of hydrogen-bond acceptors (Lipinski definition) is 6. The molecule has 0 unspecified atom stereocenters. The maximum absolute atomic E-state index is 12.8. The molecule has 2 saturated heterocycles. The summed E-state index contributed by atoms with van der Waals surface area (Å²) in [5.41, 5.74) is 1.59. The maximum Gasteiger partial charge on any atom is 0.236 e. The molecule has 2 aromatic heterocycles. The van der Waals surface area contributed by atoms with Crippen molar-refractivity contribution in [1.82, 2.24) is 19.8 Å². The second-order valence-electron chi connectivity index (χ2n) is 8.27. The van der Waals surface area contributed by atoms with Crippen LogP contribution < -0.4 is 4.90 Å². The molecule has 1 aromatic carbocycles. The molecule has 0 atom stereocenters. The molecule has 0 saturated carbocycles. The van der Waals surface area contributed by atoms with E-state index >= 15 is 0 Å². The van der Waals surface area contributed by atoms with E-state index in [9.17, 15) is 4.79 Å². The minimum absolute atomic E-state index is 0.218. The van der Waals surface area contributed by atoms with Gasteiger partial charge < -0.3 is 14.2 Å². The van der Waals surface area contributed by atoms with Gasteiger partial charge in [-0.15, -0.1) is 0 Å². The first-order chi connectivity index (χ1) is 15.2. The first-order valence-corrected chi connectivity index (χ1v) is 11.3. The Balaban J connectivity index is 1.11. The Morgan fingerprint density at radius 2 is 1.87 bits per heavy atom. The SMILES string of the molecule is O=C(CN1CCC(c2nc3cc(Cl)ccc3o2)CC1)N1CCN(c2ccccn2)CC1. The summed E-state index contributed by atoms with van der Waals surface area (Å²) in [6.45, 7) is 5.39. The van der Waals surface area contributed by atoms with Gasteiger partial charge in [0.05, 0.1) is 6.54 Å². The third-order valence-electron chi connectivity index (χ3n) is 6.27. The zero-order valence-electron chi connectivity index (χ0n) is 17.4. The highest BCUT2D eigenvalue weighted by Crippen LogP contribution is 2.30. The average Bonchev–Trinajstić information content (AvgIpc) is 3.23. The van der Waals surface area contributed by atoms with Crippen LogP contribution >= 0.6 is 11.6 Å². The molecule has 2 aliphatic rings. The molecule has 3 aromatic rings. The highest BCUT2D eigenvalue weighted by atomic mass is 35.5. The molecule has 8 heteroatoms. The van der Waals surface area contributed by atoms with E-state index in [1.807, 2.05) is 47.5 Å². The number of oxazole rings is 1. The number of piperidine rings is 1. The number of rotatable bonds is 4. The van der Waals surface area contributed by atoms with E-state index in [4.69, 9.17) is 16.0 Å². The number of carbonyl (C=O) groups is 1. The summed E-state index contributed by atoms with van der Waals surface area (Å²) in [5.74, 6) is 2.28. The smallest absolute Gasteiger partial charge is 0.236 e. The van der Waals surface area contributed by atoms with Crippen LogP contribution in [0.5, 0.6) is 0 Å². The molecular weight excluding hydrogens is 414 g/mol. The van der Waals surface area contributed by atoms with E-state index in [-0.39, 0.29) is 5.91 Å². The van der Waals surface area contributed by atoms with E-state index in [0.717, 1.165) is 74.9 Å². The quantitative estimate of drug-likeness (QED) is 0.620. The fraction of sp³-hybridized carbons (Fsp3) is 0.435. The summed E-state index contributed by atoms with van der Waals surface area (Å²) in [6.07, 6.45) is 3.70. The van der Waals surface area contributed by atoms with Crippen molar-refractivity contribution < 1.29 is 9.21 Å². The van der Waals surface area contributed by atoms with Crippen LogP contribution in [0.15, 0.2) is 47.0 Å². The lowest BCUT2D eigenvalue weighted by Crippen LogP contribution is -2.52. The third-order valence-corrected chi connectivity index (χ3v) is 6.50. The van der Waals surface area contributed by atoms with Crippen LogP contribution in [0.1, 0.15) is 24.7 Å². The number of carbonyl (C=O) groups excluding carboxylic acids is 1. The van der Waals surface area contributed by atoms with E-state index < -0.39 is 0 Å². The van der Waals surface area contributed by atoms with Crippen LogP contribution in [0.3, 0.4) is 0 Å². The maximum atomic E-state index is 12.8. The van der Waals surface area contributed by atoms with Crippen molar-refractivity contribution >= 4 is 34.4 Å². The van der Waals surface area contributed by atoms with Gasteiger partial charge in [-0.1, -0.05) is 17.7 Å². The van der Waals surface area contributed by atoms with Crippen LogP contribution in [-0.4, -0.2) is 71.5 Å². The fourth-order valence-electron chi connectivity index (χ4n) is 4.45. The van der Waals surface area contributed by atoms with Crippen LogP contribution in [0.2, 0.25) is 5.02 Å². The second-order valence-corrected chi connectivity index (χ2v) is 8.71. The van der Waals surface area contributed by atoms with Gasteiger partial charge in [0, 0.05) is 43.3 Å². The van der Waals surface area contributed by atoms with Gasteiger partial charge in [-0.25, -0.2) is 9.97 Å². The second kappa shape index (κ2) is 8.85. The van der Waals surface area contributed by atoms with Crippen LogP contribution in [0, 0.1) is 0 Å². The van der Waals surface area contributed by atoms with Crippen molar-refractivity contribution in [2.24, 2.45) is 0 Å². The number of nitrogens with zero attached hydrogens (tertiary/aromatic N) is 5. The van der Waals surface area contributed by atoms with Crippen molar-refractivity contribution in [2.75, 3.05) is 50.7 Å². The Bertz CT molecular complexity index is 1040. The van der Waals surface area contributed by atoms with Crippen molar-refractivity contribution in [3.8, 4) is 0 Å². The summed E-state index contributed by atoms with van der Waals surface area (Å²) in [4.78, 5) is 28.3. The molecule has 5 rings (SSSR count). The molecule has 1 amide bonds. The Kier molecular flexibility index (Phi) is 5.78. The highest BCUT2D eigenvalue weighted by molar-refractivity contribution is 6.31. The summed E-state index contributed by atoms with van der Waals surface area (Å²) < 4.78 is 5.95.